The number of cyclic esters (lactones) is 1. The first-order valence-corrected chi connectivity index (χ1v) is 11.1. The number of benzene rings is 1. The van der Waals surface area contributed by atoms with Gasteiger partial charge in [0.1, 0.15) is 17.7 Å². The summed E-state index contributed by atoms with van der Waals surface area (Å²) in [4.78, 5) is 43.0. The van der Waals surface area contributed by atoms with Crippen LogP contribution in [0.3, 0.4) is 0 Å². The van der Waals surface area contributed by atoms with Gasteiger partial charge in [-0.1, -0.05) is 0 Å². The zero-order chi connectivity index (χ0) is 26.2. The average Bonchev–Trinajstić information content (AvgIpc) is 3.24. The van der Waals surface area contributed by atoms with Gasteiger partial charge in [-0.3, -0.25) is 14.5 Å². The van der Waals surface area contributed by atoms with E-state index in [4.69, 9.17) is 10.5 Å². The first kappa shape index (κ1) is 25.2. The van der Waals surface area contributed by atoms with Crippen molar-refractivity contribution in [1.29, 1.82) is 0 Å². The lowest BCUT2D eigenvalue weighted by Gasteiger charge is -2.35. The highest BCUT2D eigenvalue weighted by Gasteiger charge is 2.43. The Kier molecular flexibility index (Phi) is 6.74. The quantitative estimate of drug-likeness (QED) is 0.621. The Balaban J connectivity index is 1.42. The number of ether oxygens (including phenoxy) is 1. The third kappa shape index (κ3) is 5.04. The van der Waals surface area contributed by atoms with E-state index in [1.807, 2.05) is 0 Å². The Morgan fingerprint density at radius 2 is 1.83 bits per heavy atom. The van der Waals surface area contributed by atoms with Crippen molar-refractivity contribution in [3.05, 3.63) is 42.3 Å². The fraction of sp³-hybridized carbons (Fsp3) is 0.391. The van der Waals surface area contributed by atoms with Gasteiger partial charge < -0.3 is 20.3 Å². The minimum Gasteiger partial charge on any atom is -0.443 e. The van der Waals surface area contributed by atoms with Gasteiger partial charge in [-0.25, -0.2) is 14.2 Å². The second-order valence-corrected chi connectivity index (χ2v) is 8.57. The highest BCUT2D eigenvalue weighted by Crippen LogP contribution is 2.31. The Morgan fingerprint density at radius 3 is 2.39 bits per heavy atom. The Hall–Kier alpha value is -3.90. The number of halogens is 4. The van der Waals surface area contributed by atoms with Gasteiger partial charge in [0, 0.05) is 43.5 Å². The van der Waals surface area contributed by atoms with E-state index in [2.05, 4.69) is 4.98 Å². The fourth-order valence-corrected chi connectivity index (χ4v) is 4.10. The molecule has 0 bridgehead atoms. The van der Waals surface area contributed by atoms with Crippen molar-refractivity contribution in [2.24, 2.45) is 11.7 Å². The number of nitrogens with zero attached hydrogens (tertiary/aromatic N) is 4. The van der Waals surface area contributed by atoms with Crippen molar-refractivity contribution >= 4 is 29.4 Å². The number of carbonyl (C=O) groups is 3. The second kappa shape index (κ2) is 9.63. The van der Waals surface area contributed by atoms with Gasteiger partial charge in [-0.05, 0) is 37.3 Å². The van der Waals surface area contributed by atoms with Gasteiger partial charge >= 0.3 is 18.2 Å². The first-order chi connectivity index (χ1) is 17.0. The maximum absolute atomic E-state index is 15.0. The lowest BCUT2D eigenvalue weighted by atomic mass is 10.0. The molecule has 2 fully saturated rings. The maximum Gasteiger partial charge on any atom is 0.471 e. The van der Waals surface area contributed by atoms with E-state index < -0.39 is 41.9 Å². The molecule has 4 rings (SSSR count). The average molecular weight is 509 g/mol. The number of piperazine rings is 1. The third-order valence-electron chi connectivity index (χ3n) is 6.30. The molecule has 2 aromatic rings. The predicted molar refractivity (Wildman–Crippen MR) is 120 cm³/mol. The first-order valence-electron chi connectivity index (χ1n) is 11.1. The van der Waals surface area contributed by atoms with Crippen LogP contribution in [0.25, 0.3) is 11.1 Å². The monoisotopic (exact) mass is 509 g/mol. The van der Waals surface area contributed by atoms with Gasteiger partial charge in [0.05, 0.1) is 18.2 Å². The summed E-state index contributed by atoms with van der Waals surface area (Å²) in [5.74, 6) is -3.28. The third-order valence-corrected chi connectivity index (χ3v) is 6.30. The number of anilines is 2. The summed E-state index contributed by atoms with van der Waals surface area (Å²) < 4.78 is 58.0. The van der Waals surface area contributed by atoms with E-state index >= 15 is 0 Å². The van der Waals surface area contributed by atoms with Crippen molar-refractivity contribution < 1.29 is 36.7 Å². The van der Waals surface area contributed by atoms with Crippen LogP contribution in [0.1, 0.15) is 6.92 Å². The molecular weight excluding hydrogens is 486 g/mol. The molecular formula is C23H23F4N5O4. The largest absolute Gasteiger partial charge is 0.471 e. The molecule has 2 unspecified atom stereocenters. The van der Waals surface area contributed by atoms with Crippen LogP contribution in [0.15, 0.2) is 36.5 Å². The lowest BCUT2D eigenvalue weighted by Crippen LogP contribution is -2.52. The van der Waals surface area contributed by atoms with Crippen LogP contribution < -0.4 is 15.5 Å². The zero-order valence-electron chi connectivity index (χ0n) is 19.2. The molecule has 2 saturated heterocycles. The molecule has 0 aliphatic carbocycles. The molecule has 1 aromatic heterocycles. The normalized spacial score (nSPS) is 19.3. The van der Waals surface area contributed by atoms with Crippen LogP contribution in [0.5, 0.6) is 0 Å². The van der Waals surface area contributed by atoms with Gasteiger partial charge in [-0.15, -0.1) is 0 Å². The number of carbonyl (C=O) groups excluding carboxylic acids is 3. The minimum absolute atomic E-state index is 0.0554. The number of hydrogen-bond donors (Lipinski definition) is 1. The highest BCUT2D eigenvalue weighted by molar-refractivity contribution is 5.91. The second-order valence-electron chi connectivity index (χ2n) is 8.57. The smallest absolute Gasteiger partial charge is 0.443 e. The SMILES string of the molecule is CC(C(N)=O)C1CN(c2ccc(-c3ccc(N4CCN(C(=O)C(F)(F)F)CC4)nc3)c(F)c2)C(=O)O1. The van der Waals surface area contributed by atoms with E-state index in [0.717, 1.165) is 4.90 Å². The molecule has 1 aromatic carbocycles. The van der Waals surface area contributed by atoms with Crippen LogP contribution >= 0.6 is 0 Å². The topological polar surface area (TPSA) is 109 Å². The van der Waals surface area contributed by atoms with Gasteiger partial charge in [-0.2, -0.15) is 13.2 Å². The molecule has 3 heterocycles. The molecule has 0 radical (unpaired) electrons. The fourth-order valence-electron chi connectivity index (χ4n) is 4.10. The molecule has 13 heteroatoms. The van der Waals surface area contributed by atoms with Crippen LogP contribution in [0, 0.1) is 11.7 Å². The summed E-state index contributed by atoms with van der Waals surface area (Å²) in [6, 6.07) is 7.46. The summed E-state index contributed by atoms with van der Waals surface area (Å²) >= 11 is 0. The minimum atomic E-state index is -4.90. The Labute approximate surface area is 203 Å². The van der Waals surface area contributed by atoms with E-state index in [1.165, 1.54) is 23.2 Å². The molecule has 2 N–H and O–H groups in total. The van der Waals surface area contributed by atoms with Crippen LogP contribution in [-0.2, 0) is 14.3 Å². The van der Waals surface area contributed by atoms with E-state index in [0.29, 0.717) is 11.4 Å². The maximum atomic E-state index is 15.0. The van der Waals surface area contributed by atoms with Crippen molar-refractivity contribution in [1.82, 2.24) is 9.88 Å². The summed E-state index contributed by atoms with van der Waals surface area (Å²) in [6.07, 6.45) is -4.90. The van der Waals surface area contributed by atoms with E-state index in [-0.39, 0.29) is 44.0 Å². The van der Waals surface area contributed by atoms with E-state index in [1.54, 1.807) is 30.0 Å². The zero-order valence-corrected chi connectivity index (χ0v) is 19.2. The summed E-state index contributed by atoms with van der Waals surface area (Å²) in [7, 11) is 0. The molecule has 3 amide bonds. The van der Waals surface area contributed by atoms with E-state index in [9.17, 15) is 31.9 Å². The van der Waals surface area contributed by atoms with Crippen molar-refractivity contribution in [2.75, 3.05) is 42.5 Å². The van der Waals surface area contributed by atoms with Crippen molar-refractivity contribution in [2.45, 2.75) is 19.2 Å². The van der Waals surface area contributed by atoms with Crippen molar-refractivity contribution in [3.8, 4) is 11.1 Å². The van der Waals surface area contributed by atoms with Gasteiger partial charge in [0.2, 0.25) is 5.91 Å². The Bertz CT molecular complexity index is 1170. The summed E-state index contributed by atoms with van der Waals surface area (Å²) in [6.45, 7) is 1.79. The van der Waals surface area contributed by atoms with Crippen LogP contribution in [0.4, 0.5) is 33.9 Å². The molecule has 0 spiro atoms. The van der Waals surface area contributed by atoms with Gasteiger partial charge in [0.15, 0.2) is 0 Å². The number of alkyl halides is 3. The van der Waals surface area contributed by atoms with Crippen LogP contribution in [0.2, 0.25) is 0 Å². The number of pyridine rings is 1. The summed E-state index contributed by atoms with van der Waals surface area (Å²) in [5, 5.41) is 0. The molecule has 2 aliphatic rings. The van der Waals surface area contributed by atoms with Crippen molar-refractivity contribution in [3.63, 3.8) is 0 Å². The Morgan fingerprint density at radius 1 is 1.14 bits per heavy atom. The number of primary amides is 1. The predicted octanol–water partition coefficient (Wildman–Crippen LogP) is 2.55. The number of rotatable bonds is 5. The number of nitrogens with two attached hydrogens (primary N) is 1. The molecule has 2 aliphatic heterocycles. The van der Waals surface area contributed by atoms with Crippen LogP contribution in [-0.4, -0.2) is 72.8 Å². The standard InChI is InChI=1S/C23H23F4N5O4/c1-13(20(28)33)18-12-32(22(35)36-18)15-3-4-16(17(24)10-15)14-2-5-19(29-11-14)30-6-8-31(9-7-30)21(34)23(25,26)27/h2-5,10-11,13,18H,6-9,12H2,1H3,(H2,28,33). The van der Waals surface area contributed by atoms with Gasteiger partial charge in [0.25, 0.3) is 0 Å². The molecule has 192 valence electrons. The number of amides is 3. The number of aromatic nitrogens is 1. The number of hydrogen-bond acceptors (Lipinski definition) is 6. The molecule has 0 saturated carbocycles. The molecule has 2 atom stereocenters. The molecule has 36 heavy (non-hydrogen) atoms. The lowest BCUT2D eigenvalue weighted by molar-refractivity contribution is -0.185. The highest BCUT2D eigenvalue weighted by atomic mass is 19.4. The molecule has 9 nitrogen and oxygen atoms in total. The summed E-state index contributed by atoms with van der Waals surface area (Å²) in [5.41, 5.74) is 6.22.